The number of unbranched alkanes of at least 4 members (excludes halogenated alkanes) is 2. The SMILES string of the molecule is CCCCCOC(=O)CNC(=S)Nc1ccc(F)c(Cl)c1. The van der Waals surface area contributed by atoms with Gasteiger partial charge >= 0.3 is 5.97 Å². The van der Waals surface area contributed by atoms with E-state index in [2.05, 4.69) is 17.6 Å². The molecule has 0 atom stereocenters. The molecule has 1 aromatic carbocycles. The van der Waals surface area contributed by atoms with E-state index in [4.69, 9.17) is 28.6 Å². The summed E-state index contributed by atoms with van der Waals surface area (Å²) in [4.78, 5) is 11.4. The minimum atomic E-state index is -0.503. The number of thiocarbonyl (C=S) groups is 1. The summed E-state index contributed by atoms with van der Waals surface area (Å²) in [5.74, 6) is -0.871. The molecule has 116 valence electrons. The van der Waals surface area contributed by atoms with Crippen LogP contribution in [0.1, 0.15) is 26.2 Å². The van der Waals surface area contributed by atoms with E-state index in [1.54, 1.807) is 0 Å². The number of anilines is 1. The predicted molar refractivity (Wildman–Crippen MR) is 86.1 cm³/mol. The lowest BCUT2D eigenvalue weighted by molar-refractivity contribution is -0.142. The van der Waals surface area contributed by atoms with Crippen molar-refractivity contribution < 1.29 is 13.9 Å². The van der Waals surface area contributed by atoms with E-state index in [1.165, 1.54) is 18.2 Å². The monoisotopic (exact) mass is 332 g/mol. The van der Waals surface area contributed by atoms with Crippen LogP contribution in [-0.4, -0.2) is 24.2 Å². The van der Waals surface area contributed by atoms with E-state index in [-0.39, 0.29) is 22.6 Å². The maximum absolute atomic E-state index is 13.0. The third-order valence-electron chi connectivity index (χ3n) is 2.58. The molecule has 2 N–H and O–H groups in total. The van der Waals surface area contributed by atoms with Crippen LogP contribution in [0.5, 0.6) is 0 Å². The van der Waals surface area contributed by atoms with E-state index in [9.17, 15) is 9.18 Å². The molecule has 0 bridgehead atoms. The normalized spacial score (nSPS) is 10.0. The van der Waals surface area contributed by atoms with E-state index < -0.39 is 5.82 Å². The molecule has 0 aliphatic carbocycles. The van der Waals surface area contributed by atoms with Crippen molar-refractivity contribution in [1.29, 1.82) is 0 Å². The molecular formula is C14H18ClFN2O2S. The fourth-order valence-electron chi connectivity index (χ4n) is 1.49. The summed E-state index contributed by atoms with van der Waals surface area (Å²) >= 11 is 10.7. The van der Waals surface area contributed by atoms with E-state index in [0.717, 1.165) is 19.3 Å². The van der Waals surface area contributed by atoms with Gasteiger partial charge in [0.25, 0.3) is 0 Å². The van der Waals surface area contributed by atoms with Crippen LogP contribution < -0.4 is 10.6 Å². The van der Waals surface area contributed by atoms with E-state index in [1.807, 2.05) is 0 Å². The summed E-state index contributed by atoms with van der Waals surface area (Å²) in [7, 11) is 0. The van der Waals surface area contributed by atoms with Crippen LogP contribution in [-0.2, 0) is 9.53 Å². The Morgan fingerprint density at radius 2 is 2.19 bits per heavy atom. The number of carbonyl (C=O) groups is 1. The fraction of sp³-hybridized carbons (Fsp3) is 0.429. The quantitative estimate of drug-likeness (QED) is 0.454. The second-order valence-corrected chi connectivity index (χ2v) is 5.18. The van der Waals surface area contributed by atoms with Crippen molar-refractivity contribution in [3.63, 3.8) is 0 Å². The highest BCUT2D eigenvalue weighted by atomic mass is 35.5. The Morgan fingerprint density at radius 3 is 2.86 bits per heavy atom. The summed E-state index contributed by atoms with van der Waals surface area (Å²) in [6.45, 7) is 2.48. The molecule has 0 radical (unpaired) electrons. The zero-order chi connectivity index (χ0) is 15.7. The number of benzene rings is 1. The van der Waals surface area contributed by atoms with Gasteiger partial charge in [-0.2, -0.15) is 0 Å². The first kappa shape index (κ1) is 17.7. The van der Waals surface area contributed by atoms with Gasteiger partial charge in [-0.1, -0.05) is 31.4 Å². The van der Waals surface area contributed by atoms with E-state index in [0.29, 0.717) is 12.3 Å². The molecule has 4 nitrogen and oxygen atoms in total. The number of halogens is 2. The first-order valence-corrected chi connectivity index (χ1v) is 7.47. The first-order chi connectivity index (χ1) is 10.0. The largest absolute Gasteiger partial charge is 0.464 e. The molecule has 7 heteroatoms. The van der Waals surface area contributed by atoms with Gasteiger partial charge in [0, 0.05) is 5.69 Å². The molecule has 1 rings (SSSR count). The van der Waals surface area contributed by atoms with Crippen molar-refractivity contribution in [2.75, 3.05) is 18.5 Å². The Labute approximate surface area is 134 Å². The summed E-state index contributed by atoms with van der Waals surface area (Å²) < 4.78 is 18.0. The van der Waals surface area contributed by atoms with Crippen LogP contribution in [0.3, 0.4) is 0 Å². The van der Waals surface area contributed by atoms with Crippen molar-refractivity contribution in [1.82, 2.24) is 5.32 Å². The zero-order valence-electron chi connectivity index (χ0n) is 11.7. The molecule has 0 spiro atoms. The minimum absolute atomic E-state index is 0.00173. The fourth-order valence-corrected chi connectivity index (χ4v) is 1.86. The average molecular weight is 333 g/mol. The van der Waals surface area contributed by atoms with Crippen molar-refractivity contribution in [2.24, 2.45) is 0 Å². The zero-order valence-corrected chi connectivity index (χ0v) is 13.3. The van der Waals surface area contributed by atoms with Crippen molar-refractivity contribution in [2.45, 2.75) is 26.2 Å². The molecule has 0 saturated carbocycles. The highest BCUT2D eigenvalue weighted by molar-refractivity contribution is 7.80. The summed E-state index contributed by atoms with van der Waals surface area (Å²) in [6.07, 6.45) is 2.97. The Bertz CT molecular complexity index is 500. The van der Waals surface area contributed by atoms with Crippen molar-refractivity contribution in [3.8, 4) is 0 Å². The molecule has 0 heterocycles. The van der Waals surface area contributed by atoms with Gasteiger partial charge in [0.05, 0.1) is 11.6 Å². The highest BCUT2D eigenvalue weighted by Crippen LogP contribution is 2.19. The smallest absolute Gasteiger partial charge is 0.325 e. The molecule has 0 amide bonds. The summed E-state index contributed by atoms with van der Waals surface area (Å²) in [6, 6.07) is 4.14. The van der Waals surface area contributed by atoms with Gasteiger partial charge in [0.1, 0.15) is 12.4 Å². The van der Waals surface area contributed by atoms with Crippen LogP contribution in [0, 0.1) is 5.82 Å². The number of hydrogen-bond donors (Lipinski definition) is 2. The lowest BCUT2D eigenvalue weighted by Gasteiger charge is -2.10. The number of hydrogen-bond acceptors (Lipinski definition) is 3. The van der Waals surface area contributed by atoms with Crippen LogP contribution >= 0.6 is 23.8 Å². The standard InChI is InChI=1S/C14H18ClFN2O2S/c1-2-3-4-7-20-13(19)9-17-14(21)18-10-5-6-12(16)11(15)8-10/h5-6,8H,2-4,7,9H2,1H3,(H2,17,18,21). The van der Waals surface area contributed by atoms with Gasteiger partial charge in [-0.3, -0.25) is 4.79 Å². The molecule has 0 aromatic heterocycles. The third-order valence-corrected chi connectivity index (χ3v) is 3.12. The second-order valence-electron chi connectivity index (χ2n) is 4.36. The number of carbonyl (C=O) groups excluding carboxylic acids is 1. The van der Waals surface area contributed by atoms with Crippen molar-refractivity contribution >= 4 is 40.6 Å². The Hall–Kier alpha value is -1.40. The van der Waals surface area contributed by atoms with Gasteiger partial charge < -0.3 is 15.4 Å². The van der Waals surface area contributed by atoms with Crippen molar-refractivity contribution in [3.05, 3.63) is 29.0 Å². The van der Waals surface area contributed by atoms with Gasteiger partial charge in [-0.25, -0.2) is 4.39 Å². The molecule has 21 heavy (non-hydrogen) atoms. The summed E-state index contributed by atoms with van der Waals surface area (Å²) in [5.41, 5.74) is 0.537. The molecule has 0 aliphatic heterocycles. The lowest BCUT2D eigenvalue weighted by atomic mass is 10.3. The average Bonchev–Trinajstić information content (AvgIpc) is 2.45. The number of rotatable bonds is 7. The first-order valence-electron chi connectivity index (χ1n) is 6.68. The third kappa shape index (κ3) is 7.24. The van der Waals surface area contributed by atoms with Gasteiger partial charge in [0.2, 0.25) is 0 Å². The van der Waals surface area contributed by atoms with E-state index >= 15 is 0 Å². The van der Waals surface area contributed by atoms with Crippen LogP contribution in [0.4, 0.5) is 10.1 Å². The molecule has 1 aromatic rings. The Kier molecular flexibility index (Phi) is 8.00. The second kappa shape index (κ2) is 9.52. The highest BCUT2D eigenvalue weighted by Gasteiger charge is 2.05. The molecule has 0 saturated heterocycles. The van der Waals surface area contributed by atoms with Crippen LogP contribution in [0.2, 0.25) is 5.02 Å². The predicted octanol–water partition coefficient (Wildman–Crippen LogP) is 3.50. The molecule has 0 aliphatic rings. The maximum atomic E-state index is 13.0. The van der Waals surface area contributed by atoms with Gasteiger partial charge in [0.15, 0.2) is 5.11 Å². The number of esters is 1. The molecule has 0 fully saturated rings. The number of nitrogens with one attached hydrogen (secondary N) is 2. The molecular weight excluding hydrogens is 315 g/mol. The van der Waals surface area contributed by atoms with Gasteiger partial charge in [-0.05, 0) is 36.8 Å². The van der Waals surface area contributed by atoms with Gasteiger partial charge in [-0.15, -0.1) is 0 Å². The number of ether oxygens (including phenoxy) is 1. The lowest BCUT2D eigenvalue weighted by Crippen LogP contribution is -2.34. The van der Waals surface area contributed by atoms with Crippen LogP contribution in [0.15, 0.2) is 18.2 Å². The van der Waals surface area contributed by atoms with Crippen LogP contribution in [0.25, 0.3) is 0 Å². The topological polar surface area (TPSA) is 50.4 Å². The maximum Gasteiger partial charge on any atom is 0.325 e. The summed E-state index contributed by atoms with van der Waals surface area (Å²) in [5, 5.41) is 5.76. The Balaban J connectivity index is 2.27. The Morgan fingerprint density at radius 1 is 1.43 bits per heavy atom. The minimum Gasteiger partial charge on any atom is -0.464 e. The molecule has 0 unspecified atom stereocenters.